The Morgan fingerprint density at radius 2 is 1.86 bits per heavy atom. The van der Waals surface area contributed by atoms with Crippen molar-refractivity contribution in [3.05, 3.63) is 108 Å². The quantitative estimate of drug-likeness (QED) is 0.289. The summed E-state index contributed by atoms with van der Waals surface area (Å²) in [5.41, 5.74) is 1.85. The third kappa shape index (κ3) is 5.18. The summed E-state index contributed by atoms with van der Waals surface area (Å²) < 4.78 is 12.4. The van der Waals surface area contributed by atoms with E-state index in [1.165, 1.54) is 28.9 Å². The second kappa shape index (κ2) is 10.2. The first-order chi connectivity index (χ1) is 16.8. The minimum Gasteiger partial charge on any atom is -0.458 e. The van der Waals surface area contributed by atoms with Gasteiger partial charge in [0, 0.05) is 11.9 Å². The van der Waals surface area contributed by atoms with E-state index >= 15 is 0 Å². The number of benzene rings is 2. The lowest BCUT2D eigenvalue weighted by Gasteiger charge is -2.24. The number of carbonyl (C=O) groups excluding carboxylic acids is 2. The Bertz CT molecular complexity index is 1520. The summed E-state index contributed by atoms with van der Waals surface area (Å²) in [6, 6.07) is 13.0. The van der Waals surface area contributed by atoms with Gasteiger partial charge in [0.2, 0.25) is 0 Å². The molecule has 1 aliphatic heterocycles. The van der Waals surface area contributed by atoms with Crippen molar-refractivity contribution in [3.63, 3.8) is 0 Å². The molecule has 178 valence electrons. The van der Waals surface area contributed by atoms with Gasteiger partial charge >= 0.3 is 11.9 Å². The molecule has 1 aromatic heterocycles. The van der Waals surface area contributed by atoms with E-state index in [2.05, 4.69) is 11.6 Å². The Labute approximate surface area is 209 Å². The lowest BCUT2D eigenvalue weighted by atomic mass is 9.96. The van der Waals surface area contributed by atoms with Crippen LogP contribution in [-0.4, -0.2) is 23.1 Å². The number of ether oxygens (including phenoxy) is 2. The fraction of sp³-hybridized carbons (Fsp3) is 0.154. The molecule has 1 unspecified atom stereocenters. The van der Waals surface area contributed by atoms with Gasteiger partial charge in [0.15, 0.2) is 4.80 Å². The summed E-state index contributed by atoms with van der Waals surface area (Å²) in [6.07, 6.45) is 3.23. The summed E-state index contributed by atoms with van der Waals surface area (Å²) in [5.74, 6) is -0.683. The summed E-state index contributed by atoms with van der Waals surface area (Å²) in [6.45, 7) is 6.63. The molecule has 1 atom stereocenters. The largest absolute Gasteiger partial charge is 0.458 e. The highest BCUT2D eigenvalue weighted by molar-refractivity contribution is 7.07. The van der Waals surface area contributed by atoms with Crippen molar-refractivity contribution >= 4 is 41.0 Å². The van der Waals surface area contributed by atoms with Gasteiger partial charge < -0.3 is 9.47 Å². The van der Waals surface area contributed by atoms with Gasteiger partial charge in [-0.15, -0.1) is 0 Å². The topological polar surface area (TPSA) is 87.0 Å². The van der Waals surface area contributed by atoms with Gasteiger partial charge in [-0.3, -0.25) is 14.2 Å². The second-order valence-electron chi connectivity index (χ2n) is 7.68. The SMILES string of the molecule is C=CCOC(=O)C1=C(C)N=c2s/c(=C/c3ccc(Cl)cc3)c(=O)n2C1c1ccc(OC(C)=O)cc1. The van der Waals surface area contributed by atoms with Crippen LogP contribution >= 0.6 is 22.9 Å². The van der Waals surface area contributed by atoms with Crippen LogP contribution in [0.3, 0.4) is 0 Å². The number of aromatic nitrogens is 1. The molecule has 0 amide bonds. The number of halogens is 1. The number of esters is 2. The van der Waals surface area contributed by atoms with Crippen LogP contribution in [0.25, 0.3) is 6.08 Å². The first-order valence-electron chi connectivity index (χ1n) is 10.6. The number of fused-ring (bicyclic) bond motifs is 1. The van der Waals surface area contributed by atoms with Gasteiger partial charge in [-0.05, 0) is 48.4 Å². The zero-order valence-electron chi connectivity index (χ0n) is 19.0. The van der Waals surface area contributed by atoms with Crippen LogP contribution in [0.5, 0.6) is 5.75 Å². The van der Waals surface area contributed by atoms with Gasteiger partial charge in [0.25, 0.3) is 5.56 Å². The van der Waals surface area contributed by atoms with Gasteiger partial charge in [-0.25, -0.2) is 9.79 Å². The number of allylic oxidation sites excluding steroid dienone is 1. The van der Waals surface area contributed by atoms with E-state index < -0.39 is 18.0 Å². The monoisotopic (exact) mass is 508 g/mol. The zero-order valence-corrected chi connectivity index (χ0v) is 20.6. The molecule has 4 rings (SSSR count). The van der Waals surface area contributed by atoms with E-state index in [4.69, 9.17) is 21.1 Å². The summed E-state index contributed by atoms with van der Waals surface area (Å²) >= 11 is 7.21. The van der Waals surface area contributed by atoms with E-state index in [0.29, 0.717) is 31.4 Å². The number of nitrogens with zero attached hydrogens (tertiary/aromatic N) is 2. The predicted octanol–water partition coefficient (Wildman–Crippen LogP) is 3.54. The van der Waals surface area contributed by atoms with Gasteiger partial charge in [0.1, 0.15) is 12.4 Å². The van der Waals surface area contributed by atoms with Crippen LogP contribution in [0.2, 0.25) is 5.02 Å². The molecule has 7 nitrogen and oxygen atoms in total. The molecule has 0 saturated heterocycles. The maximum Gasteiger partial charge on any atom is 0.338 e. The molecular formula is C26H21ClN2O5S. The minimum absolute atomic E-state index is 0.0225. The molecular weight excluding hydrogens is 488 g/mol. The molecule has 0 N–H and O–H groups in total. The molecule has 0 bridgehead atoms. The van der Waals surface area contributed by atoms with Gasteiger partial charge in [-0.2, -0.15) is 0 Å². The Morgan fingerprint density at radius 3 is 2.49 bits per heavy atom. The first kappa shape index (κ1) is 24.4. The third-order valence-corrected chi connectivity index (χ3v) is 6.43. The Kier molecular flexibility index (Phi) is 7.14. The highest BCUT2D eigenvalue weighted by atomic mass is 35.5. The van der Waals surface area contributed by atoms with Crippen LogP contribution in [0, 0.1) is 0 Å². The zero-order chi connectivity index (χ0) is 25.1. The summed E-state index contributed by atoms with van der Waals surface area (Å²) in [5, 5.41) is 0.596. The fourth-order valence-electron chi connectivity index (χ4n) is 3.70. The van der Waals surface area contributed by atoms with Gasteiger partial charge in [-0.1, -0.05) is 59.9 Å². The molecule has 1 aliphatic rings. The predicted molar refractivity (Wildman–Crippen MR) is 134 cm³/mol. The van der Waals surface area contributed by atoms with Crippen LogP contribution in [0.4, 0.5) is 0 Å². The Morgan fingerprint density at radius 1 is 1.17 bits per heavy atom. The molecule has 0 radical (unpaired) electrons. The van der Waals surface area contributed by atoms with Gasteiger partial charge in [0.05, 0.1) is 21.8 Å². The smallest absolute Gasteiger partial charge is 0.338 e. The first-order valence-corrected chi connectivity index (χ1v) is 11.8. The minimum atomic E-state index is -0.776. The van der Waals surface area contributed by atoms with E-state index in [9.17, 15) is 14.4 Å². The van der Waals surface area contributed by atoms with Crippen molar-refractivity contribution in [2.75, 3.05) is 6.61 Å². The van der Waals surface area contributed by atoms with Crippen molar-refractivity contribution in [2.24, 2.45) is 4.99 Å². The van der Waals surface area contributed by atoms with Crippen molar-refractivity contribution in [1.29, 1.82) is 0 Å². The fourth-order valence-corrected chi connectivity index (χ4v) is 4.88. The number of carbonyl (C=O) groups is 2. The lowest BCUT2D eigenvalue weighted by molar-refractivity contribution is -0.138. The highest BCUT2D eigenvalue weighted by Crippen LogP contribution is 2.31. The highest BCUT2D eigenvalue weighted by Gasteiger charge is 2.33. The van der Waals surface area contributed by atoms with Crippen molar-refractivity contribution in [2.45, 2.75) is 19.9 Å². The number of rotatable bonds is 6. The second-order valence-corrected chi connectivity index (χ2v) is 9.13. The molecule has 35 heavy (non-hydrogen) atoms. The molecule has 3 aromatic rings. The number of hydrogen-bond acceptors (Lipinski definition) is 7. The number of thiazole rings is 1. The standard InChI is InChI=1S/C26H21ClN2O5S/c1-4-13-33-25(32)22-15(2)28-26-29(23(22)18-7-11-20(12-8-18)34-16(3)30)24(31)21(35-26)14-17-5-9-19(27)10-6-17/h4-12,14,23H,1,13H2,2-3H3/b21-14+. The van der Waals surface area contributed by atoms with E-state index in [1.54, 1.807) is 49.4 Å². The number of hydrogen-bond donors (Lipinski definition) is 0. The Balaban J connectivity index is 1.88. The van der Waals surface area contributed by atoms with E-state index in [0.717, 1.165) is 5.56 Å². The van der Waals surface area contributed by atoms with Crippen LogP contribution in [-0.2, 0) is 14.3 Å². The summed E-state index contributed by atoms with van der Waals surface area (Å²) in [4.78, 5) is 42.9. The van der Waals surface area contributed by atoms with Crippen molar-refractivity contribution in [1.82, 2.24) is 4.57 Å². The van der Waals surface area contributed by atoms with E-state index in [1.807, 2.05) is 12.1 Å². The third-order valence-electron chi connectivity index (χ3n) is 5.20. The molecule has 0 spiro atoms. The average Bonchev–Trinajstić information content (AvgIpc) is 3.12. The summed E-state index contributed by atoms with van der Waals surface area (Å²) in [7, 11) is 0. The van der Waals surface area contributed by atoms with Crippen molar-refractivity contribution < 1.29 is 19.1 Å². The molecule has 0 aliphatic carbocycles. The average molecular weight is 509 g/mol. The van der Waals surface area contributed by atoms with Crippen LogP contribution in [0.1, 0.15) is 31.0 Å². The van der Waals surface area contributed by atoms with Crippen LogP contribution in [0.15, 0.2) is 82.2 Å². The maximum absolute atomic E-state index is 13.6. The Hall–Kier alpha value is -3.75. The normalized spacial score (nSPS) is 15.3. The van der Waals surface area contributed by atoms with Crippen LogP contribution < -0.4 is 19.6 Å². The molecule has 0 fully saturated rings. The molecule has 9 heteroatoms. The molecule has 2 aromatic carbocycles. The van der Waals surface area contributed by atoms with E-state index in [-0.39, 0.29) is 17.7 Å². The lowest BCUT2D eigenvalue weighted by Crippen LogP contribution is -2.39. The van der Waals surface area contributed by atoms with Crippen molar-refractivity contribution in [3.8, 4) is 5.75 Å². The maximum atomic E-state index is 13.6. The molecule has 0 saturated carbocycles. The molecule has 2 heterocycles.